The van der Waals surface area contributed by atoms with Crippen LogP contribution in [0, 0.1) is 0 Å². The molecule has 0 aliphatic heterocycles. The highest BCUT2D eigenvalue weighted by molar-refractivity contribution is 6.64. The summed E-state index contributed by atoms with van der Waals surface area (Å²) in [6.07, 6.45) is 9.24. The van der Waals surface area contributed by atoms with Crippen LogP contribution in [0.5, 0.6) is 0 Å². The van der Waals surface area contributed by atoms with E-state index < -0.39 is 0 Å². The van der Waals surface area contributed by atoms with Crippen molar-refractivity contribution in [3.05, 3.63) is 118 Å². The molecule has 0 radical (unpaired) electrons. The first-order valence-corrected chi connectivity index (χ1v) is 21.3. The number of allylic oxidation sites excluding steroid dienone is 2. The number of esters is 1. The molecule has 13 aromatic rings. The second-order valence-electron chi connectivity index (χ2n) is 18.8. The van der Waals surface area contributed by atoms with Crippen molar-refractivity contribution in [2.45, 2.75) is 55.3 Å². The molecule has 1 saturated carbocycles. The van der Waals surface area contributed by atoms with Crippen LogP contribution in [0.2, 0.25) is 0 Å². The summed E-state index contributed by atoms with van der Waals surface area (Å²) in [5.74, 6) is -0.0503. The monoisotopic (exact) mass is 722 g/mol. The van der Waals surface area contributed by atoms with Crippen molar-refractivity contribution in [3.63, 3.8) is 0 Å². The Morgan fingerprint density at radius 2 is 0.930 bits per heavy atom. The summed E-state index contributed by atoms with van der Waals surface area (Å²) in [6, 6.07) is 31.5. The van der Waals surface area contributed by atoms with Gasteiger partial charge < -0.3 is 4.74 Å². The Labute approximate surface area is 323 Å². The molecule has 2 heteroatoms. The van der Waals surface area contributed by atoms with Gasteiger partial charge in [-0.05, 0) is 176 Å². The van der Waals surface area contributed by atoms with Gasteiger partial charge in [0.25, 0.3) is 0 Å². The van der Waals surface area contributed by atoms with E-state index in [1.54, 1.807) is 38.1 Å². The van der Waals surface area contributed by atoms with Crippen LogP contribution in [0.25, 0.3) is 130 Å². The van der Waals surface area contributed by atoms with Crippen molar-refractivity contribution >= 4 is 136 Å². The van der Waals surface area contributed by atoms with E-state index >= 15 is 0 Å². The highest BCUT2D eigenvalue weighted by Gasteiger charge is 2.93. The zero-order chi connectivity index (χ0) is 36.4. The van der Waals surface area contributed by atoms with Crippen LogP contribution in [0.15, 0.2) is 91.0 Å². The average Bonchev–Trinajstić information content (AvgIpc) is 3.89. The van der Waals surface area contributed by atoms with Crippen LogP contribution in [0.4, 0.5) is 0 Å². The molecule has 13 aromatic carbocycles. The maximum atomic E-state index is 13.4. The molecular formula is C55H30O2. The first-order valence-electron chi connectivity index (χ1n) is 21.3. The van der Waals surface area contributed by atoms with E-state index in [1.807, 2.05) is 0 Å². The summed E-state index contributed by atoms with van der Waals surface area (Å²) >= 11 is 0. The maximum Gasteiger partial charge on any atom is 0.305 e. The molecule has 0 bridgehead atoms. The lowest BCUT2D eigenvalue weighted by molar-refractivity contribution is -0.143. The van der Waals surface area contributed by atoms with Gasteiger partial charge in [0.1, 0.15) is 0 Å². The molecule has 0 heterocycles. The Hall–Kier alpha value is -6.25. The molecule has 5 aliphatic rings. The van der Waals surface area contributed by atoms with E-state index in [0.29, 0.717) is 13.0 Å². The number of rotatable bonds is 8. The summed E-state index contributed by atoms with van der Waals surface area (Å²) in [7, 11) is 0. The van der Waals surface area contributed by atoms with E-state index in [1.165, 1.54) is 119 Å². The van der Waals surface area contributed by atoms with Crippen LogP contribution in [-0.4, -0.2) is 12.6 Å². The number of fused-ring (bicyclic) bond motifs is 3. The van der Waals surface area contributed by atoms with Crippen molar-refractivity contribution < 1.29 is 9.53 Å². The van der Waals surface area contributed by atoms with Crippen molar-refractivity contribution in [1.82, 2.24) is 0 Å². The van der Waals surface area contributed by atoms with Crippen molar-refractivity contribution in [1.29, 1.82) is 0 Å². The minimum atomic E-state index is -0.279. The fourth-order valence-corrected chi connectivity index (χ4v) is 16.4. The Bertz CT molecular complexity index is 4020. The van der Waals surface area contributed by atoms with Gasteiger partial charge >= 0.3 is 5.97 Å². The van der Waals surface area contributed by atoms with E-state index in [-0.39, 0.29) is 22.2 Å². The van der Waals surface area contributed by atoms with Crippen molar-refractivity contribution in [2.24, 2.45) is 0 Å². The minimum Gasteiger partial charge on any atom is -0.466 e. The molecule has 2 spiro atoms. The Morgan fingerprint density at radius 3 is 1.42 bits per heavy atom. The molecule has 0 aromatic heterocycles. The quantitative estimate of drug-likeness (QED) is 0.0887. The Kier molecular flexibility index (Phi) is 3.71. The Morgan fingerprint density at radius 1 is 0.491 bits per heavy atom. The third kappa shape index (κ3) is 2.08. The summed E-state index contributed by atoms with van der Waals surface area (Å²) < 4.78 is 5.82. The zero-order valence-corrected chi connectivity index (χ0v) is 31.2. The molecule has 5 aliphatic carbocycles. The predicted molar refractivity (Wildman–Crippen MR) is 235 cm³/mol. The largest absolute Gasteiger partial charge is 0.466 e. The number of unbranched alkanes of at least 4 members (excludes halogenated alkanes) is 1. The number of benzene rings is 9. The maximum absolute atomic E-state index is 13.4. The second-order valence-corrected chi connectivity index (χ2v) is 18.8. The minimum absolute atomic E-state index is 0.0503. The van der Waals surface area contributed by atoms with Crippen LogP contribution < -0.4 is 10.4 Å². The second kappa shape index (κ2) is 7.72. The highest BCUT2D eigenvalue weighted by atomic mass is 16.5. The number of carbonyl (C=O) groups excluding carboxylic acids is 1. The van der Waals surface area contributed by atoms with Gasteiger partial charge in [0.15, 0.2) is 0 Å². The number of carbonyl (C=O) groups is 1. The predicted octanol–water partition coefficient (Wildman–Crippen LogP) is 11.7. The fourth-order valence-electron chi connectivity index (χ4n) is 16.4. The van der Waals surface area contributed by atoms with E-state index in [4.69, 9.17) is 4.74 Å². The summed E-state index contributed by atoms with van der Waals surface area (Å²) in [6.45, 7) is 2.67. The molecule has 3 atom stereocenters. The molecule has 18 rings (SSSR count). The van der Waals surface area contributed by atoms with Crippen LogP contribution in [0.1, 0.15) is 55.7 Å². The number of ether oxygens (including phenoxy) is 1. The van der Waals surface area contributed by atoms with Crippen LogP contribution >= 0.6 is 0 Å². The van der Waals surface area contributed by atoms with Gasteiger partial charge in [0.2, 0.25) is 0 Å². The van der Waals surface area contributed by atoms with Crippen molar-refractivity contribution in [3.8, 4) is 0 Å². The lowest BCUT2D eigenvalue weighted by atomic mass is 9.68. The summed E-state index contributed by atoms with van der Waals surface area (Å²) in [4.78, 5) is 13.4. The standard InChI is InChI=1S/C55H30O2/c1-2-3-22-57-34(56)10-7-21-53(23-8-5-4-6-9-23)54-32-19-20-33-31-18-16-29-27-14-12-25-24-11-13-26-28-15-17-30(32)41-39(28)44-37(26)35(24)43-36(25)38(27)45-40(29)42(31)52(55(33,53)54)50-48(45)46(43)47(44)49(50)51(41)54/h4-6,8-9,11-20H,2-3,7,10,21-22H2,1H3/t53?,54-,55+. The van der Waals surface area contributed by atoms with E-state index in [0.717, 1.165) is 25.7 Å². The summed E-state index contributed by atoms with van der Waals surface area (Å²) in [5, 5.41) is 35.8. The molecule has 2 nitrogen and oxygen atoms in total. The SMILES string of the molecule is CCCCOC(=O)CCCC1(c2ccccc2)[C@]23C4=c5ccc6c7ccc8c9ccc%10c%11ccc%12c%13c(c%14c%15c2c5c6c2c7c8c5c9c%10c(c%13%11)c%14c5c%152)[C@]13C=%12C=C4. The third-order valence-electron chi connectivity index (χ3n) is 17.5. The third-order valence-corrected chi connectivity index (χ3v) is 17.5. The normalized spacial score (nSPS) is 24.1. The van der Waals surface area contributed by atoms with Gasteiger partial charge in [-0.1, -0.05) is 104 Å². The van der Waals surface area contributed by atoms with Gasteiger partial charge in [0, 0.05) is 22.7 Å². The molecule has 57 heavy (non-hydrogen) atoms. The first-order chi connectivity index (χ1) is 28.2. The topological polar surface area (TPSA) is 26.3 Å². The van der Waals surface area contributed by atoms with Gasteiger partial charge in [-0.3, -0.25) is 4.79 Å². The van der Waals surface area contributed by atoms with Crippen LogP contribution in [0.3, 0.4) is 0 Å². The highest BCUT2D eigenvalue weighted by Crippen LogP contribution is 2.92. The zero-order valence-electron chi connectivity index (χ0n) is 31.2. The van der Waals surface area contributed by atoms with Gasteiger partial charge in [-0.2, -0.15) is 0 Å². The van der Waals surface area contributed by atoms with Crippen molar-refractivity contribution in [2.75, 3.05) is 6.61 Å². The molecule has 1 unspecified atom stereocenters. The van der Waals surface area contributed by atoms with Crippen LogP contribution in [-0.2, 0) is 25.8 Å². The molecule has 1 fully saturated rings. The van der Waals surface area contributed by atoms with Gasteiger partial charge in [0.05, 0.1) is 6.61 Å². The van der Waals surface area contributed by atoms with E-state index in [2.05, 4.69) is 97.9 Å². The number of hydrogen-bond donors (Lipinski definition) is 0. The first kappa shape index (κ1) is 27.4. The fraction of sp³-hybridized carbons (Fsp3) is 0.182. The van der Waals surface area contributed by atoms with Gasteiger partial charge in [-0.25, -0.2) is 0 Å². The molecule has 0 amide bonds. The van der Waals surface area contributed by atoms with Gasteiger partial charge in [-0.15, -0.1) is 0 Å². The van der Waals surface area contributed by atoms with E-state index in [9.17, 15) is 4.79 Å². The molecular weight excluding hydrogens is 693 g/mol. The smallest absolute Gasteiger partial charge is 0.305 e. The lowest BCUT2D eigenvalue weighted by Crippen LogP contribution is -2.27. The molecule has 262 valence electrons. The lowest BCUT2D eigenvalue weighted by Gasteiger charge is -2.32. The average molecular weight is 723 g/mol. The summed E-state index contributed by atoms with van der Waals surface area (Å²) in [5.41, 5.74) is 6.83. The molecule has 0 saturated heterocycles. The Balaban J connectivity index is 1.14. The number of hydrogen-bond acceptors (Lipinski definition) is 2. The molecule has 0 N–H and O–H groups in total.